The molecule has 0 radical (unpaired) electrons. The van der Waals surface area contributed by atoms with Crippen LogP contribution in [0, 0.1) is 0 Å². The minimum absolute atomic E-state index is 0.0850. The second-order valence-corrected chi connectivity index (χ2v) is 5.03. The van der Waals surface area contributed by atoms with E-state index in [1.807, 2.05) is 6.92 Å². The first-order chi connectivity index (χ1) is 8.65. The first-order valence-corrected chi connectivity index (χ1v) is 6.89. The second-order valence-electron chi connectivity index (χ2n) is 5.03. The molecular formula is C13H27N3O2. The number of nitrogens with zero attached hydrogens (tertiary/aromatic N) is 1. The molecule has 5 heteroatoms. The van der Waals surface area contributed by atoms with E-state index in [-0.39, 0.29) is 11.9 Å². The fourth-order valence-corrected chi connectivity index (χ4v) is 2.40. The van der Waals surface area contributed by atoms with Gasteiger partial charge in [0.15, 0.2) is 0 Å². The van der Waals surface area contributed by atoms with Crippen molar-refractivity contribution in [3.8, 4) is 0 Å². The smallest absolute Gasteiger partial charge is 0.234 e. The van der Waals surface area contributed by atoms with E-state index in [4.69, 9.17) is 4.74 Å². The van der Waals surface area contributed by atoms with Crippen LogP contribution in [0.4, 0.5) is 0 Å². The number of carbonyl (C=O) groups excluding carboxylic acids is 1. The van der Waals surface area contributed by atoms with Gasteiger partial charge in [-0.25, -0.2) is 0 Å². The van der Waals surface area contributed by atoms with Crippen LogP contribution >= 0.6 is 0 Å². The molecule has 0 bridgehead atoms. The predicted octanol–water partition coefficient (Wildman–Crippen LogP) is 0.211. The number of hydrogen-bond donors (Lipinski definition) is 2. The highest BCUT2D eigenvalue weighted by Crippen LogP contribution is 2.09. The quantitative estimate of drug-likeness (QED) is 0.685. The standard InChI is InChI=1S/C13H27N3O2/c1-4-14-12-5-7-16(8-6-12)9-13(17)15-11(2)10-18-3/h11-12,14H,4-10H2,1-3H3,(H,15,17). The van der Waals surface area contributed by atoms with Crippen LogP contribution in [0.5, 0.6) is 0 Å². The molecule has 0 aromatic heterocycles. The Hall–Kier alpha value is -0.650. The van der Waals surface area contributed by atoms with Gasteiger partial charge in [0, 0.05) is 32.3 Å². The second kappa shape index (κ2) is 8.45. The number of nitrogens with one attached hydrogen (secondary N) is 2. The number of ether oxygens (including phenoxy) is 1. The largest absolute Gasteiger partial charge is 0.383 e. The summed E-state index contributed by atoms with van der Waals surface area (Å²) in [5.41, 5.74) is 0. The van der Waals surface area contributed by atoms with Gasteiger partial charge >= 0.3 is 0 Å². The summed E-state index contributed by atoms with van der Waals surface area (Å²) in [6.07, 6.45) is 2.27. The molecule has 1 amide bonds. The Morgan fingerprint density at radius 1 is 1.44 bits per heavy atom. The van der Waals surface area contributed by atoms with Crippen LogP contribution in [0.15, 0.2) is 0 Å². The molecule has 1 unspecified atom stereocenters. The number of methoxy groups -OCH3 is 1. The van der Waals surface area contributed by atoms with Crippen molar-refractivity contribution in [2.75, 3.05) is 39.9 Å². The Balaban J connectivity index is 2.18. The van der Waals surface area contributed by atoms with Crippen molar-refractivity contribution in [1.29, 1.82) is 0 Å². The summed E-state index contributed by atoms with van der Waals surface area (Å²) in [4.78, 5) is 14.0. The van der Waals surface area contributed by atoms with Crippen molar-refractivity contribution < 1.29 is 9.53 Å². The van der Waals surface area contributed by atoms with Crippen molar-refractivity contribution in [2.45, 2.75) is 38.8 Å². The number of amides is 1. The first-order valence-electron chi connectivity index (χ1n) is 6.89. The van der Waals surface area contributed by atoms with E-state index in [9.17, 15) is 4.79 Å². The number of rotatable bonds is 7. The van der Waals surface area contributed by atoms with E-state index >= 15 is 0 Å². The topological polar surface area (TPSA) is 53.6 Å². The monoisotopic (exact) mass is 257 g/mol. The number of carbonyl (C=O) groups is 1. The van der Waals surface area contributed by atoms with Gasteiger partial charge < -0.3 is 15.4 Å². The summed E-state index contributed by atoms with van der Waals surface area (Å²) in [7, 11) is 1.65. The molecule has 0 saturated carbocycles. The van der Waals surface area contributed by atoms with Gasteiger partial charge in [0.25, 0.3) is 0 Å². The van der Waals surface area contributed by atoms with Gasteiger partial charge in [-0.05, 0) is 26.3 Å². The highest BCUT2D eigenvalue weighted by Gasteiger charge is 2.20. The molecule has 1 aliphatic heterocycles. The van der Waals surface area contributed by atoms with Crippen LogP contribution in [0.2, 0.25) is 0 Å². The Morgan fingerprint density at radius 3 is 2.67 bits per heavy atom. The predicted molar refractivity (Wildman–Crippen MR) is 72.6 cm³/mol. The molecule has 0 aromatic rings. The van der Waals surface area contributed by atoms with Crippen LogP contribution in [-0.2, 0) is 9.53 Å². The van der Waals surface area contributed by atoms with Crippen LogP contribution in [0.25, 0.3) is 0 Å². The van der Waals surface area contributed by atoms with Gasteiger partial charge in [-0.2, -0.15) is 0 Å². The van der Waals surface area contributed by atoms with Crippen molar-refractivity contribution in [2.24, 2.45) is 0 Å². The lowest BCUT2D eigenvalue weighted by atomic mass is 10.1. The summed E-state index contributed by atoms with van der Waals surface area (Å²) < 4.78 is 5.00. The van der Waals surface area contributed by atoms with E-state index in [1.54, 1.807) is 7.11 Å². The Labute approximate surface area is 110 Å². The lowest BCUT2D eigenvalue weighted by Crippen LogP contribution is -2.47. The average Bonchev–Trinajstić information content (AvgIpc) is 2.32. The third kappa shape index (κ3) is 5.80. The van der Waals surface area contributed by atoms with Crippen LogP contribution < -0.4 is 10.6 Å². The van der Waals surface area contributed by atoms with Gasteiger partial charge in [0.2, 0.25) is 5.91 Å². The highest BCUT2D eigenvalue weighted by atomic mass is 16.5. The lowest BCUT2D eigenvalue weighted by Gasteiger charge is -2.32. The molecule has 1 atom stereocenters. The zero-order valence-corrected chi connectivity index (χ0v) is 11.9. The zero-order valence-electron chi connectivity index (χ0n) is 11.9. The zero-order chi connectivity index (χ0) is 13.4. The SMILES string of the molecule is CCNC1CCN(CC(=O)NC(C)COC)CC1. The molecule has 5 nitrogen and oxygen atoms in total. The molecule has 2 N–H and O–H groups in total. The van der Waals surface area contributed by atoms with E-state index in [0.29, 0.717) is 19.2 Å². The molecule has 18 heavy (non-hydrogen) atoms. The third-order valence-electron chi connectivity index (χ3n) is 3.27. The molecule has 1 aliphatic rings. The van der Waals surface area contributed by atoms with E-state index < -0.39 is 0 Å². The summed E-state index contributed by atoms with van der Waals surface area (Å²) >= 11 is 0. The molecule has 0 aliphatic carbocycles. The van der Waals surface area contributed by atoms with Gasteiger partial charge in [0.1, 0.15) is 0 Å². The Kier molecular flexibility index (Phi) is 7.23. The summed E-state index contributed by atoms with van der Waals surface area (Å²) in [6, 6.07) is 0.712. The van der Waals surface area contributed by atoms with Crippen LogP contribution in [-0.4, -0.2) is 62.8 Å². The maximum absolute atomic E-state index is 11.8. The maximum Gasteiger partial charge on any atom is 0.234 e. The highest BCUT2D eigenvalue weighted by molar-refractivity contribution is 5.78. The van der Waals surface area contributed by atoms with Crippen LogP contribution in [0.1, 0.15) is 26.7 Å². The van der Waals surface area contributed by atoms with Gasteiger partial charge in [-0.15, -0.1) is 0 Å². The molecular weight excluding hydrogens is 230 g/mol. The normalized spacial score (nSPS) is 19.7. The Morgan fingerprint density at radius 2 is 2.11 bits per heavy atom. The van der Waals surface area contributed by atoms with Crippen molar-refractivity contribution in [1.82, 2.24) is 15.5 Å². The maximum atomic E-state index is 11.8. The summed E-state index contributed by atoms with van der Waals surface area (Å²) in [5, 5.41) is 6.41. The summed E-state index contributed by atoms with van der Waals surface area (Å²) in [6.45, 7) is 8.20. The van der Waals surface area contributed by atoms with E-state index in [1.165, 1.54) is 0 Å². The molecule has 1 saturated heterocycles. The van der Waals surface area contributed by atoms with E-state index in [0.717, 1.165) is 32.5 Å². The molecule has 0 aromatic carbocycles. The minimum Gasteiger partial charge on any atom is -0.383 e. The van der Waals surface area contributed by atoms with Gasteiger partial charge in [-0.1, -0.05) is 6.92 Å². The number of likely N-dealkylation sites (tertiary alicyclic amines) is 1. The fourth-order valence-electron chi connectivity index (χ4n) is 2.40. The first kappa shape index (κ1) is 15.4. The molecule has 1 rings (SSSR count). The fraction of sp³-hybridized carbons (Fsp3) is 0.923. The number of hydrogen-bond acceptors (Lipinski definition) is 4. The van der Waals surface area contributed by atoms with Crippen molar-refractivity contribution in [3.63, 3.8) is 0 Å². The van der Waals surface area contributed by atoms with Gasteiger partial charge in [-0.3, -0.25) is 9.69 Å². The van der Waals surface area contributed by atoms with Gasteiger partial charge in [0.05, 0.1) is 13.2 Å². The molecule has 1 fully saturated rings. The molecule has 106 valence electrons. The van der Waals surface area contributed by atoms with Crippen LogP contribution in [0.3, 0.4) is 0 Å². The molecule has 1 heterocycles. The number of piperidine rings is 1. The summed E-state index contributed by atoms with van der Waals surface area (Å²) in [5.74, 6) is 0.0986. The lowest BCUT2D eigenvalue weighted by molar-refractivity contribution is -0.123. The van der Waals surface area contributed by atoms with E-state index in [2.05, 4.69) is 22.5 Å². The van der Waals surface area contributed by atoms with Crippen molar-refractivity contribution >= 4 is 5.91 Å². The third-order valence-corrected chi connectivity index (χ3v) is 3.27. The van der Waals surface area contributed by atoms with Crippen molar-refractivity contribution in [3.05, 3.63) is 0 Å². The minimum atomic E-state index is 0.0850. The Bertz CT molecular complexity index is 240. The average molecular weight is 257 g/mol. The molecule has 0 spiro atoms.